The molecule has 0 radical (unpaired) electrons. The summed E-state index contributed by atoms with van der Waals surface area (Å²) in [5.74, 6) is 0.998. The second-order valence-corrected chi connectivity index (χ2v) is 7.79. The molecular formula is C18H20N2OS2. The van der Waals surface area contributed by atoms with Crippen LogP contribution in [0, 0.1) is 6.92 Å². The molecule has 0 amide bonds. The predicted octanol–water partition coefficient (Wildman–Crippen LogP) is 5.24. The number of hydrogen-bond donors (Lipinski definition) is 1. The number of unbranched alkanes of at least 4 members (excludes halogenated alkanes) is 2. The van der Waals surface area contributed by atoms with Gasteiger partial charge in [0.1, 0.15) is 4.83 Å². The molecule has 0 saturated heterocycles. The van der Waals surface area contributed by atoms with Crippen LogP contribution in [0.1, 0.15) is 31.1 Å². The van der Waals surface area contributed by atoms with Gasteiger partial charge in [0.25, 0.3) is 5.56 Å². The van der Waals surface area contributed by atoms with Gasteiger partial charge in [-0.3, -0.25) is 4.79 Å². The van der Waals surface area contributed by atoms with Gasteiger partial charge in [0.15, 0.2) is 5.16 Å². The SMILES string of the molecule is CCCCCSc1nc2sc(C)c(-c3ccccc3)c2c(=O)[nH]1. The van der Waals surface area contributed by atoms with Crippen LogP contribution in [-0.2, 0) is 0 Å². The molecule has 2 aromatic heterocycles. The molecule has 3 rings (SSSR count). The summed E-state index contributed by atoms with van der Waals surface area (Å²) in [7, 11) is 0. The molecule has 120 valence electrons. The zero-order valence-electron chi connectivity index (χ0n) is 13.4. The predicted molar refractivity (Wildman–Crippen MR) is 101 cm³/mol. The Morgan fingerprint density at radius 2 is 2.00 bits per heavy atom. The van der Waals surface area contributed by atoms with Gasteiger partial charge in [0.05, 0.1) is 5.39 Å². The van der Waals surface area contributed by atoms with Crippen molar-refractivity contribution < 1.29 is 0 Å². The molecule has 0 unspecified atom stereocenters. The standard InChI is InChI=1S/C18H20N2OS2/c1-3-4-8-11-22-18-19-16(21)15-14(12(2)23-17(15)20-18)13-9-6-5-7-10-13/h5-7,9-10H,3-4,8,11H2,1-2H3,(H,19,20,21). The first-order chi connectivity index (χ1) is 11.2. The summed E-state index contributed by atoms with van der Waals surface area (Å²) < 4.78 is 0. The van der Waals surface area contributed by atoms with Gasteiger partial charge < -0.3 is 4.98 Å². The van der Waals surface area contributed by atoms with Crippen LogP contribution in [0.25, 0.3) is 21.3 Å². The van der Waals surface area contributed by atoms with E-state index in [1.807, 2.05) is 30.3 Å². The van der Waals surface area contributed by atoms with E-state index in [1.54, 1.807) is 23.1 Å². The minimum Gasteiger partial charge on any atom is -0.301 e. The van der Waals surface area contributed by atoms with Crippen molar-refractivity contribution in [2.45, 2.75) is 38.3 Å². The lowest BCUT2D eigenvalue weighted by Crippen LogP contribution is -2.08. The Labute approximate surface area is 144 Å². The number of fused-ring (bicyclic) bond motifs is 1. The molecule has 2 heterocycles. The zero-order valence-corrected chi connectivity index (χ0v) is 15.0. The Kier molecular flexibility index (Phi) is 5.18. The Bertz CT molecular complexity index is 853. The number of nitrogens with one attached hydrogen (secondary N) is 1. The van der Waals surface area contributed by atoms with E-state index in [9.17, 15) is 4.79 Å². The quantitative estimate of drug-likeness (QED) is 0.378. The number of nitrogens with zero attached hydrogens (tertiary/aromatic N) is 1. The van der Waals surface area contributed by atoms with Crippen LogP contribution >= 0.6 is 23.1 Å². The third-order valence-electron chi connectivity index (χ3n) is 3.77. The van der Waals surface area contributed by atoms with Gasteiger partial charge in [-0.2, -0.15) is 0 Å². The van der Waals surface area contributed by atoms with E-state index < -0.39 is 0 Å². The van der Waals surface area contributed by atoms with Gasteiger partial charge in [-0.05, 0) is 18.9 Å². The zero-order chi connectivity index (χ0) is 16.2. The number of hydrogen-bond acceptors (Lipinski definition) is 4. The Morgan fingerprint density at radius 3 is 2.74 bits per heavy atom. The number of aryl methyl sites for hydroxylation is 1. The molecule has 1 aromatic carbocycles. The second-order valence-electron chi connectivity index (χ2n) is 5.51. The van der Waals surface area contributed by atoms with Crippen LogP contribution in [0.5, 0.6) is 0 Å². The molecule has 23 heavy (non-hydrogen) atoms. The summed E-state index contributed by atoms with van der Waals surface area (Å²) in [4.78, 5) is 22.2. The van der Waals surface area contributed by atoms with Crippen LogP contribution in [0.3, 0.4) is 0 Å². The average molecular weight is 345 g/mol. The first-order valence-corrected chi connectivity index (χ1v) is 9.72. The fraction of sp³-hybridized carbons (Fsp3) is 0.333. The highest BCUT2D eigenvalue weighted by atomic mass is 32.2. The van der Waals surface area contributed by atoms with Crippen molar-refractivity contribution in [2.24, 2.45) is 0 Å². The summed E-state index contributed by atoms with van der Waals surface area (Å²) in [5.41, 5.74) is 2.06. The van der Waals surface area contributed by atoms with Crippen molar-refractivity contribution in [2.75, 3.05) is 5.75 Å². The second kappa shape index (κ2) is 7.32. The molecular weight excluding hydrogens is 324 g/mol. The van der Waals surface area contributed by atoms with Crippen molar-refractivity contribution in [3.63, 3.8) is 0 Å². The number of thioether (sulfide) groups is 1. The largest absolute Gasteiger partial charge is 0.301 e. The van der Waals surface area contributed by atoms with Gasteiger partial charge in [0, 0.05) is 16.2 Å². The normalized spacial score (nSPS) is 11.2. The van der Waals surface area contributed by atoms with Crippen LogP contribution < -0.4 is 5.56 Å². The highest BCUT2D eigenvalue weighted by molar-refractivity contribution is 7.99. The fourth-order valence-electron chi connectivity index (χ4n) is 2.64. The molecule has 3 nitrogen and oxygen atoms in total. The molecule has 3 aromatic rings. The number of aromatic nitrogens is 2. The first kappa shape index (κ1) is 16.3. The van der Waals surface area contributed by atoms with Gasteiger partial charge >= 0.3 is 0 Å². The van der Waals surface area contributed by atoms with Crippen molar-refractivity contribution in [3.05, 3.63) is 45.6 Å². The molecule has 0 aliphatic carbocycles. The third kappa shape index (κ3) is 3.51. The number of thiophene rings is 1. The third-order valence-corrected chi connectivity index (χ3v) is 5.72. The van der Waals surface area contributed by atoms with E-state index in [2.05, 4.69) is 23.8 Å². The van der Waals surface area contributed by atoms with Crippen LogP contribution in [0.15, 0.2) is 40.3 Å². The average Bonchev–Trinajstić information content (AvgIpc) is 2.89. The summed E-state index contributed by atoms with van der Waals surface area (Å²) >= 11 is 3.24. The smallest absolute Gasteiger partial charge is 0.260 e. The fourth-order valence-corrected chi connectivity index (χ4v) is 4.61. The Balaban J connectivity index is 1.99. The maximum Gasteiger partial charge on any atom is 0.260 e. The first-order valence-electron chi connectivity index (χ1n) is 7.92. The molecule has 0 fully saturated rings. The maximum absolute atomic E-state index is 12.6. The van der Waals surface area contributed by atoms with Crippen molar-refractivity contribution in [1.29, 1.82) is 0 Å². The highest BCUT2D eigenvalue weighted by Crippen LogP contribution is 2.35. The van der Waals surface area contributed by atoms with E-state index in [0.717, 1.165) is 43.6 Å². The topological polar surface area (TPSA) is 45.8 Å². The van der Waals surface area contributed by atoms with Crippen LogP contribution in [0.2, 0.25) is 0 Å². The van der Waals surface area contributed by atoms with Gasteiger partial charge in [-0.1, -0.05) is 61.9 Å². The monoisotopic (exact) mass is 344 g/mol. The summed E-state index contributed by atoms with van der Waals surface area (Å²) in [6, 6.07) is 10.1. The van der Waals surface area contributed by atoms with E-state index in [4.69, 9.17) is 0 Å². The molecule has 5 heteroatoms. The Hall–Kier alpha value is -1.59. The molecule has 0 aliphatic rings. The highest BCUT2D eigenvalue weighted by Gasteiger charge is 2.16. The summed E-state index contributed by atoms with van der Waals surface area (Å²) in [6.07, 6.45) is 3.57. The van der Waals surface area contributed by atoms with Gasteiger partial charge in [0.2, 0.25) is 0 Å². The molecule has 0 spiro atoms. The molecule has 0 atom stereocenters. The molecule has 0 saturated carbocycles. The van der Waals surface area contributed by atoms with Crippen LogP contribution in [0.4, 0.5) is 0 Å². The summed E-state index contributed by atoms with van der Waals surface area (Å²) in [6.45, 7) is 4.25. The lowest BCUT2D eigenvalue weighted by molar-refractivity contribution is 0.777. The van der Waals surface area contributed by atoms with Gasteiger partial charge in [-0.15, -0.1) is 11.3 Å². The lowest BCUT2D eigenvalue weighted by Gasteiger charge is -2.03. The lowest BCUT2D eigenvalue weighted by atomic mass is 10.0. The summed E-state index contributed by atoms with van der Waals surface area (Å²) in [5, 5.41) is 1.45. The molecule has 0 bridgehead atoms. The maximum atomic E-state index is 12.6. The van der Waals surface area contributed by atoms with E-state index >= 15 is 0 Å². The van der Waals surface area contributed by atoms with Crippen LogP contribution in [-0.4, -0.2) is 15.7 Å². The molecule has 1 N–H and O–H groups in total. The van der Waals surface area contributed by atoms with E-state index in [1.165, 1.54) is 12.8 Å². The van der Waals surface area contributed by atoms with Crippen molar-refractivity contribution in [3.8, 4) is 11.1 Å². The number of aromatic amines is 1. The minimum absolute atomic E-state index is 0.0313. The van der Waals surface area contributed by atoms with E-state index in [-0.39, 0.29) is 5.56 Å². The number of rotatable bonds is 6. The van der Waals surface area contributed by atoms with E-state index in [0.29, 0.717) is 0 Å². The number of H-pyrrole nitrogens is 1. The number of benzene rings is 1. The van der Waals surface area contributed by atoms with Gasteiger partial charge in [-0.25, -0.2) is 4.98 Å². The molecule has 0 aliphatic heterocycles. The minimum atomic E-state index is -0.0313. The Morgan fingerprint density at radius 1 is 1.22 bits per heavy atom. The van der Waals surface area contributed by atoms with Crippen molar-refractivity contribution >= 4 is 33.3 Å². The van der Waals surface area contributed by atoms with Crippen molar-refractivity contribution in [1.82, 2.24) is 9.97 Å².